The molecule has 0 amide bonds. The van der Waals surface area contributed by atoms with Crippen molar-refractivity contribution in [3.8, 4) is 0 Å². The first-order valence-corrected chi connectivity index (χ1v) is 9.31. The molecular weight excluding hydrogens is 284 g/mol. The molecule has 130 valence electrons. The number of hydrogen-bond acceptors (Lipinski definition) is 4. The molecule has 1 aliphatic heterocycles. The van der Waals surface area contributed by atoms with Crippen molar-refractivity contribution < 1.29 is 0 Å². The van der Waals surface area contributed by atoms with Gasteiger partial charge in [-0.15, -0.1) is 0 Å². The fourth-order valence-electron chi connectivity index (χ4n) is 2.96. The van der Waals surface area contributed by atoms with Crippen LogP contribution in [0, 0.1) is 0 Å². The standard InChI is InChI=1S/C19H34N4/c1-2-18-5-7-19(8-6-18)17-23-15-4-11-21-13-12-20-9-3-10-22-14-16-23/h5-8,20-22H,2-4,9-17H2,1H3. The first-order chi connectivity index (χ1) is 11.4. The van der Waals surface area contributed by atoms with Gasteiger partial charge in [-0.25, -0.2) is 0 Å². The third-order valence-electron chi connectivity index (χ3n) is 4.46. The predicted molar refractivity (Wildman–Crippen MR) is 98.9 cm³/mol. The Labute approximate surface area is 142 Å². The molecule has 0 spiro atoms. The third kappa shape index (κ3) is 7.93. The van der Waals surface area contributed by atoms with E-state index >= 15 is 0 Å². The molecule has 0 unspecified atom stereocenters. The van der Waals surface area contributed by atoms with Crippen LogP contribution in [0.2, 0.25) is 0 Å². The first kappa shape index (κ1) is 18.4. The second-order valence-corrected chi connectivity index (χ2v) is 6.40. The Morgan fingerprint density at radius 2 is 1.35 bits per heavy atom. The van der Waals surface area contributed by atoms with Crippen LogP contribution < -0.4 is 16.0 Å². The van der Waals surface area contributed by atoms with Crippen molar-refractivity contribution in [2.45, 2.75) is 32.7 Å². The highest BCUT2D eigenvalue weighted by Crippen LogP contribution is 2.08. The van der Waals surface area contributed by atoms with Gasteiger partial charge in [0.1, 0.15) is 0 Å². The summed E-state index contributed by atoms with van der Waals surface area (Å²) >= 11 is 0. The van der Waals surface area contributed by atoms with Crippen molar-refractivity contribution in [2.24, 2.45) is 0 Å². The molecule has 2 rings (SSSR count). The van der Waals surface area contributed by atoms with Gasteiger partial charge in [0, 0.05) is 32.7 Å². The highest BCUT2D eigenvalue weighted by Gasteiger charge is 2.06. The van der Waals surface area contributed by atoms with Gasteiger partial charge in [-0.3, -0.25) is 4.90 Å². The second kappa shape index (κ2) is 11.6. The quantitative estimate of drug-likeness (QED) is 0.792. The average molecular weight is 319 g/mol. The van der Waals surface area contributed by atoms with Gasteiger partial charge in [-0.1, -0.05) is 31.2 Å². The normalized spacial score (nSPS) is 20.0. The van der Waals surface area contributed by atoms with Crippen LogP contribution in [0.4, 0.5) is 0 Å². The molecule has 1 aromatic rings. The van der Waals surface area contributed by atoms with Gasteiger partial charge < -0.3 is 16.0 Å². The molecule has 0 bridgehead atoms. The van der Waals surface area contributed by atoms with E-state index in [0.29, 0.717) is 0 Å². The summed E-state index contributed by atoms with van der Waals surface area (Å²) in [5.41, 5.74) is 2.86. The minimum absolute atomic E-state index is 1.06. The molecule has 0 saturated carbocycles. The van der Waals surface area contributed by atoms with Gasteiger partial charge in [-0.05, 0) is 56.6 Å². The van der Waals surface area contributed by atoms with Gasteiger partial charge in [-0.2, -0.15) is 0 Å². The lowest BCUT2D eigenvalue weighted by Crippen LogP contribution is -2.36. The van der Waals surface area contributed by atoms with Crippen LogP contribution in [0.25, 0.3) is 0 Å². The molecule has 1 fully saturated rings. The van der Waals surface area contributed by atoms with Crippen molar-refractivity contribution in [3.63, 3.8) is 0 Å². The van der Waals surface area contributed by atoms with E-state index in [1.807, 2.05) is 0 Å². The molecular formula is C19H34N4. The summed E-state index contributed by atoms with van der Waals surface area (Å²) in [6, 6.07) is 9.13. The third-order valence-corrected chi connectivity index (χ3v) is 4.46. The molecule has 1 heterocycles. The average Bonchev–Trinajstić information content (AvgIpc) is 2.59. The fourth-order valence-corrected chi connectivity index (χ4v) is 2.96. The molecule has 4 heteroatoms. The molecule has 4 nitrogen and oxygen atoms in total. The molecule has 0 atom stereocenters. The number of rotatable bonds is 3. The van der Waals surface area contributed by atoms with Crippen molar-refractivity contribution in [1.82, 2.24) is 20.9 Å². The van der Waals surface area contributed by atoms with E-state index in [4.69, 9.17) is 0 Å². The van der Waals surface area contributed by atoms with Crippen molar-refractivity contribution in [3.05, 3.63) is 35.4 Å². The largest absolute Gasteiger partial charge is 0.315 e. The Kier molecular flexibility index (Phi) is 9.26. The Bertz CT molecular complexity index is 390. The Balaban J connectivity index is 1.81. The van der Waals surface area contributed by atoms with Crippen LogP contribution in [-0.2, 0) is 13.0 Å². The maximum Gasteiger partial charge on any atom is 0.0234 e. The molecule has 1 aromatic carbocycles. The summed E-state index contributed by atoms with van der Waals surface area (Å²) < 4.78 is 0. The number of aryl methyl sites for hydroxylation is 1. The summed E-state index contributed by atoms with van der Waals surface area (Å²) in [5, 5.41) is 10.6. The van der Waals surface area contributed by atoms with Gasteiger partial charge in [0.05, 0.1) is 0 Å². The fraction of sp³-hybridized carbons (Fsp3) is 0.684. The molecule has 0 aromatic heterocycles. The van der Waals surface area contributed by atoms with E-state index < -0.39 is 0 Å². The SMILES string of the molecule is CCc1ccc(CN2CCCNCCNCCCNCC2)cc1. The van der Waals surface area contributed by atoms with Gasteiger partial charge in [0.25, 0.3) is 0 Å². The van der Waals surface area contributed by atoms with Crippen molar-refractivity contribution >= 4 is 0 Å². The van der Waals surface area contributed by atoms with Crippen LogP contribution in [0.1, 0.15) is 30.9 Å². The smallest absolute Gasteiger partial charge is 0.0234 e. The van der Waals surface area contributed by atoms with Gasteiger partial charge in [0.2, 0.25) is 0 Å². The Hall–Kier alpha value is -0.940. The van der Waals surface area contributed by atoms with Crippen LogP contribution in [0.15, 0.2) is 24.3 Å². The maximum atomic E-state index is 3.58. The van der Waals surface area contributed by atoms with Gasteiger partial charge >= 0.3 is 0 Å². The summed E-state index contributed by atoms with van der Waals surface area (Å²) in [6.07, 6.45) is 3.54. The van der Waals surface area contributed by atoms with Crippen molar-refractivity contribution in [2.75, 3.05) is 52.4 Å². The van der Waals surface area contributed by atoms with E-state index in [1.165, 1.54) is 24.0 Å². The monoisotopic (exact) mass is 318 g/mol. The summed E-state index contributed by atoms with van der Waals surface area (Å²) in [4.78, 5) is 2.58. The van der Waals surface area contributed by atoms with E-state index in [0.717, 1.165) is 65.3 Å². The van der Waals surface area contributed by atoms with E-state index in [1.54, 1.807) is 0 Å². The lowest BCUT2D eigenvalue weighted by molar-refractivity contribution is 0.260. The highest BCUT2D eigenvalue weighted by atomic mass is 15.1. The zero-order valence-electron chi connectivity index (χ0n) is 14.7. The van der Waals surface area contributed by atoms with E-state index in [2.05, 4.69) is 52.0 Å². The molecule has 1 saturated heterocycles. The summed E-state index contributed by atoms with van der Waals surface area (Å²) in [7, 11) is 0. The number of benzene rings is 1. The molecule has 1 aliphatic rings. The molecule has 3 N–H and O–H groups in total. The van der Waals surface area contributed by atoms with Crippen LogP contribution in [0.5, 0.6) is 0 Å². The number of nitrogens with zero attached hydrogens (tertiary/aromatic N) is 1. The lowest BCUT2D eigenvalue weighted by atomic mass is 10.1. The predicted octanol–water partition coefficient (Wildman–Crippen LogP) is 1.61. The molecule has 0 radical (unpaired) electrons. The first-order valence-electron chi connectivity index (χ1n) is 9.31. The Morgan fingerprint density at radius 3 is 2.04 bits per heavy atom. The number of nitrogens with one attached hydrogen (secondary N) is 3. The number of hydrogen-bond donors (Lipinski definition) is 3. The van der Waals surface area contributed by atoms with Crippen LogP contribution >= 0.6 is 0 Å². The second-order valence-electron chi connectivity index (χ2n) is 6.40. The molecule has 23 heavy (non-hydrogen) atoms. The van der Waals surface area contributed by atoms with Crippen LogP contribution in [0.3, 0.4) is 0 Å². The molecule has 0 aliphatic carbocycles. The zero-order chi connectivity index (χ0) is 16.2. The maximum absolute atomic E-state index is 3.58. The minimum atomic E-state index is 1.06. The van der Waals surface area contributed by atoms with Gasteiger partial charge in [0.15, 0.2) is 0 Å². The Morgan fingerprint density at radius 1 is 0.739 bits per heavy atom. The van der Waals surface area contributed by atoms with Crippen molar-refractivity contribution in [1.29, 1.82) is 0 Å². The minimum Gasteiger partial charge on any atom is -0.315 e. The topological polar surface area (TPSA) is 39.3 Å². The lowest BCUT2D eigenvalue weighted by Gasteiger charge is -2.23. The zero-order valence-corrected chi connectivity index (χ0v) is 14.7. The van der Waals surface area contributed by atoms with E-state index in [9.17, 15) is 0 Å². The highest BCUT2D eigenvalue weighted by molar-refractivity contribution is 5.22. The van der Waals surface area contributed by atoms with E-state index in [-0.39, 0.29) is 0 Å². The summed E-state index contributed by atoms with van der Waals surface area (Å²) in [5.74, 6) is 0. The summed E-state index contributed by atoms with van der Waals surface area (Å²) in [6.45, 7) is 12.1. The van der Waals surface area contributed by atoms with Crippen LogP contribution in [-0.4, -0.2) is 57.3 Å².